The third kappa shape index (κ3) is 5.94. The maximum Gasteiger partial charge on any atom is 0.243 e. The van der Waals surface area contributed by atoms with Crippen LogP contribution in [0, 0.1) is 5.92 Å². The van der Waals surface area contributed by atoms with Crippen molar-refractivity contribution in [3.05, 3.63) is 24.3 Å². The molecule has 0 aliphatic carbocycles. The SMILES string of the molecule is COc1ccc(S(=O)(=O)N2CCC[C@H](C(=O)NCCCN3CCN(C)CC3)C2)cc1. The Morgan fingerprint density at radius 3 is 2.50 bits per heavy atom. The molecule has 2 heterocycles. The van der Waals surface area contributed by atoms with Crippen molar-refractivity contribution in [1.82, 2.24) is 19.4 Å². The average molecular weight is 439 g/mol. The highest BCUT2D eigenvalue weighted by atomic mass is 32.2. The molecule has 0 radical (unpaired) electrons. The highest BCUT2D eigenvalue weighted by molar-refractivity contribution is 7.89. The fourth-order valence-corrected chi connectivity index (χ4v) is 5.53. The van der Waals surface area contributed by atoms with Crippen molar-refractivity contribution in [2.45, 2.75) is 24.2 Å². The summed E-state index contributed by atoms with van der Waals surface area (Å²) in [6.07, 6.45) is 2.32. The molecule has 1 aromatic carbocycles. The zero-order valence-corrected chi connectivity index (χ0v) is 18.9. The molecule has 3 rings (SSSR count). The first kappa shape index (κ1) is 23.0. The van der Waals surface area contributed by atoms with Gasteiger partial charge < -0.3 is 19.9 Å². The van der Waals surface area contributed by atoms with E-state index < -0.39 is 10.0 Å². The van der Waals surface area contributed by atoms with Crippen LogP contribution in [0.25, 0.3) is 0 Å². The van der Waals surface area contributed by atoms with Crippen molar-refractivity contribution in [1.29, 1.82) is 0 Å². The Hall–Kier alpha value is -1.68. The number of piperazine rings is 1. The summed E-state index contributed by atoms with van der Waals surface area (Å²) in [5, 5.41) is 3.01. The topological polar surface area (TPSA) is 82.2 Å². The summed E-state index contributed by atoms with van der Waals surface area (Å²) in [6, 6.07) is 6.38. The molecule has 0 saturated carbocycles. The molecule has 2 saturated heterocycles. The molecule has 1 N–H and O–H groups in total. The number of sulfonamides is 1. The lowest BCUT2D eigenvalue weighted by molar-refractivity contribution is -0.126. The molecule has 2 aliphatic heterocycles. The predicted octanol–water partition coefficient (Wildman–Crippen LogP) is 0.850. The zero-order valence-electron chi connectivity index (χ0n) is 18.0. The van der Waals surface area contributed by atoms with E-state index in [9.17, 15) is 13.2 Å². The van der Waals surface area contributed by atoms with Gasteiger partial charge in [-0.15, -0.1) is 0 Å². The van der Waals surface area contributed by atoms with Gasteiger partial charge in [0.25, 0.3) is 0 Å². The first-order valence-electron chi connectivity index (χ1n) is 10.7. The van der Waals surface area contributed by atoms with Crippen molar-refractivity contribution in [3.8, 4) is 5.75 Å². The monoisotopic (exact) mass is 438 g/mol. The van der Waals surface area contributed by atoms with Crippen LogP contribution in [-0.4, -0.2) is 94.9 Å². The Kier molecular flexibility index (Phi) is 8.10. The van der Waals surface area contributed by atoms with E-state index >= 15 is 0 Å². The fraction of sp³-hybridized carbons (Fsp3) is 0.667. The molecule has 168 valence electrons. The molecule has 0 unspecified atom stereocenters. The summed E-state index contributed by atoms with van der Waals surface area (Å²) in [4.78, 5) is 17.6. The van der Waals surface area contributed by atoms with Gasteiger partial charge in [-0.2, -0.15) is 4.31 Å². The molecule has 1 atom stereocenters. The van der Waals surface area contributed by atoms with Gasteiger partial charge in [0, 0.05) is 45.8 Å². The summed E-state index contributed by atoms with van der Waals surface area (Å²) in [7, 11) is 0.0724. The Morgan fingerprint density at radius 1 is 1.13 bits per heavy atom. The molecule has 0 aromatic heterocycles. The molecule has 1 amide bonds. The number of amides is 1. The van der Waals surface area contributed by atoms with E-state index in [-0.39, 0.29) is 23.3 Å². The van der Waals surface area contributed by atoms with Gasteiger partial charge in [-0.1, -0.05) is 0 Å². The van der Waals surface area contributed by atoms with Crippen molar-refractivity contribution < 1.29 is 17.9 Å². The van der Waals surface area contributed by atoms with Crippen LogP contribution in [-0.2, 0) is 14.8 Å². The highest BCUT2D eigenvalue weighted by Crippen LogP contribution is 2.25. The van der Waals surface area contributed by atoms with Crippen LogP contribution in [0.15, 0.2) is 29.2 Å². The van der Waals surface area contributed by atoms with Crippen molar-refractivity contribution >= 4 is 15.9 Å². The third-order valence-electron chi connectivity index (χ3n) is 6.00. The van der Waals surface area contributed by atoms with Crippen molar-refractivity contribution in [3.63, 3.8) is 0 Å². The Balaban J connectivity index is 1.46. The summed E-state index contributed by atoms with van der Waals surface area (Å²) in [5.41, 5.74) is 0. The van der Waals surface area contributed by atoms with E-state index in [1.54, 1.807) is 31.4 Å². The number of hydrogen-bond acceptors (Lipinski definition) is 6. The first-order valence-corrected chi connectivity index (χ1v) is 12.2. The van der Waals surface area contributed by atoms with Crippen molar-refractivity contribution in [2.75, 3.05) is 66.5 Å². The van der Waals surface area contributed by atoms with Gasteiger partial charge in [0.1, 0.15) is 5.75 Å². The van der Waals surface area contributed by atoms with Crippen molar-refractivity contribution in [2.24, 2.45) is 5.92 Å². The first-order chi connectivity index (χ1) is 14.4. The molecule has 8 nitrogen and oxygen atoms in total. The highest BCUT2D eigenvalue weighted by Gasteiger charge is 2.33. The van der Waals surface area contributed by atoms with Crippen LogP contribution in [0.3, 0.4) is 0 Å². The molecular weight excluding hydrogens is 404 g/mol. The minimum Gasteiger partial charge on any atom is -0.497 e. The van der Waals surface area contributed by atoms with E-state index in [0.29, 0.717) is 25.3 Å². The fourth-order valence-electron chi connectivity index (χ4n) is 4.00. The van der Waals surface area contributed by atoms with Crippen LogP contribution < -0.4 is 10.1 Å². The quantitative estimate of drug-likeness (QED) is 0.606. The van der Waals surface area contributed by atoms with Gasteiger partial charge in [0.05, 0.1) is 17.9 Å². The molecule has 0 spiro atoms. The minimum atomic E-state index is -3.61. The lowest BCUT2D eigenvalue weighted by Crippen LogP contribution is -2.46. The van der Waals surface area contributed by atoms with Gasteiger partial charge in [-0.3, -0.25) is 4.79 Å². The lowest BCUT2D eigenvalue weighted by Gasteiger charge is -2.32. The number of likely N-dealkylation sites (N-methyl/N-ethyl adjacent to an activating group) is 1. The molecule has 0 bridgehead atoms. The number of nitrogens with one attached hydrogen (secondary N) is 1. The smallest absolute Gasteiger partial charge is 0.243 e. The molecular formula is C21H34N4O4S. The van der Waals surface area contributed by atoms with Gasteiger partial charge >= 0.3 is 0 Å². The summed E-state index contributed by atoms with van der Waals surface area (Å²) in [5.74, 6) is 0.278. The van der Waals surface area contributed by atoms with Gasteiger partial charge in [0.2, 0.25) is 15.9 Å². The second-order valence-electron chi connectivity index (χ2n) is 8.17. The maximum atomic E-state index is 13.0. The number of methoxy groups -OCH3 is 1. The van der Waals surface area contributed by atoms with Gasteiger partial charge in [-0.05, 0) is 57.1 Å². The average Bonchev–Trinajstić information content (AvgIpc) is 2.78. The number of rotatable bonds is 8. The number of carbonyl (C=O) groups is 1. The number of ether oxygens (including phenoxy) is 1. The lowest BCUT2D eigenvalue weighted by atomic mass is 9.99. The normalized spacial score (nSPS) is 22.0. The van der Waals surface area contributed by atoms with Crippen LogP contribution in [0.2, 0.25) is 0 Å². The van der Waals surface area contributed by atoms with Crippen LogP contribution in [0.5, 0.6) is 5.75 Å². The van der Waals surface area contributed by atoms with Crippen LogP contribution >= 0.6 is 0 Å². The number of hydrogen-bond donors (Lipinski definition) is 1. The second-order valence-corrected chi connectivity index (χ2v) is 10.1. The Bertz CT molecular complexity index is 792. The standard InChI is InChI=1S/C21H34N4O4S/c1-23-13-15-24(16-14-23)11-4-10-22-21(26)18-5-3-12-25(17-18)30(27,28)20-8-6-19(29-2)7-9-20/h6-9,18H,3-5,10-17H2,1-2H3,(H,22,26)/t18-/m0/s1. The third-order valence-corrected chi connectivity index (χ3v) is 7.88. The second kappa shape index (κ2) is 10.6. The molecule has 9 heteroatoms. The number of benzene rings is 1. The number of carbonyl (C=O) groups excluding carboxylic acids is 1. The molecule has 2 aliphatic rings. The number of nitrogens with zero attached hydrogens (tertiary/aromatic N) is 3. The van der Waals surface area contributed by atoms with Gasteiger partial charge in [-0.25, -0.2) is 8.42 Å². The Labute approximate surface area is 180 Å². The minimum absolute atomic E-state index is 0.0389. The zero-order chi connectivity index (χ0) is 21.6. The molecule has 2 fully saturated rings. The van der Waals surface area contributed by atoms with Crippen LogP contribution in [0.4, 0.5) is 0 Å². The maximum absolute atomic E-state index is 13.0. The predicted molar refractivity (Wildman–Crippen MR) is 116 cm³/mol. The van der Waals surface area contributed by atoms with E-state index in [2.05, 4.69) is 22.2 Å². The molecule has 1 aromatic rings. The summed E-state index contributed by atoms with van der Waals surface area (Å²) >= 11 is 0. The summed E-state index contributed by atoms with van der Waals surface area (Å²) in [6.45, 7) is 6.63. The van der Waals surface area contributed by atoms with E-state index in [0.717, 1.165) is 45.6 Å². The van der Waals surface area contributed by atoms with E-state index in [1.807, 2.05) is 0 Å². The van der Waals surface area contributed by atoms with E-state index in [4.69, 9.17) is 4.74 Å². The van der Waals surface area contributed by atoms with Crippen LogP contribution in [0.1, 0.15) is 19.3 Å². The van der Waals surface area contributed by atoms with E-state index in [1.165, 1.54) is 4.31 Å². The Morgan fingerprint density at radius 2 is 1.83 bits per heavy atom. The van der Waals surface area contributed by atoms with Gasteiger partial charge in [0.15, 0.2) is 0 Å². The largest absolute Gasteiger partial charge is 0.497 e. The number of piperidine rings is 1. The molecule has 30 heavy (non-hydrogen) atoms. The summed E-state index contributed by atoms with van der Waals surface area (Å²) < 4.78 is 32.5.